The van der Waals surface area contributed by atoms with E-state index in [2.05, 4.69) is 32.4 Å². The molecule has 29 heavy (non-hydrogen) atoms. The van der Waals surface area contributed by atoms with E-state index in [-0.39, 0.29) is 0 Å². The van der Waals surface area contributed by atoms with E-state index in [1.807, 2.05) is 36.4 Å². The molecule has 4 rings (SSSR count). The van der Waals surface area contributed by atoms with Crippen molar-refractivity contribution in [3.8, 4) is 0 Å². The largest absolute Gasteiger partial charge is 0.336 e. The number of aromatic amines is 1. The van der Waals surface area contributed by atoms with E-state index in [0.717, 1.165) is 23.2 Å². The van der Waals surface area contributed by atoms with Gasteiger partial charge in [-0.3, -0.25) is 5.10 Å². The summed E-state index contributed by atoms with van der Waals surface area (Å²) in [6.45, 7) is 3.81. The van der Waals surface area contributed by atoms with Gasteiger partial charge in [-0.15, -0.1) is 6.58 Å². The summed E-state index contributed by atoms with van der Waals surface area (Å²) in [4.78, 5) is 9.29. The predicted octanol–water partition coefficient (Wildman–Crippen LogP) is 6.27. The van der Waals surface area contributed by atoms with E-state index in [1.165, 1.54) is 0 Å². The molecule has 0 unspecified atom stereocenters. The number of halogens is 2. The minimum Gasteiger partial charge on any atom is -0.336 e. The number of nitrogens with zero attached hydrogens (tertiary/aromatic N) is 3. The zero-order valence-electron chi connectivity index (χ0n) is 15.4. The van der Waals surface area contributed by atoms with Gasteiger partial charge >= 0.3 is 0 Å². The Balaban J connectivity index is 1.76. The van der Waals surface area contributed by atoms with E-state index in [9.17, 15) is 0 Å². The van der Waals surface area contributed by atoms with Gasteiger partial charge in [0.1, 0.15) is 0 Å². The molecule has 0 saturated carbocycles. The first-order valence-corrected chi connectivity index (χ1v) is 9.80. The number of anilines is 4. The van der Waals surface area contributed by atoms with E-state index < -0.39 is 0 Å². The van der Waals surface area contributed by atoms with Crippen molar-refractivity contribution in [1.82, 2.24) is 20.2 Å². The van der Waals surface area contributed by atoms with Gasteiger partial charge in [0.05, 0.1) is 26.8 Å². The molecular weight excluding hydrogens is 407 g/mol. The van der Waals surface area contributed by atoms with Crippen molar-refractivity contribution in [2.75, 3.05) is 10.6 Å². The Morgan fingerprint density at radius 1 is 0.966 bits per heavy atom. The van der Waals surface area contributed by atoms with Crippen LogP contribution in [0, 0.1) is 0 Å². The topological polar surface area (TPSA) is 78.5 Å². The molecule has 0 radical (unpaired) electrons. The maximum absolute atomic E-state index is 6.30. The number of aromatic nitrogens is 4. The first-order valence-electron chi connectivity index (χ1n) is 9.04. The number of allylic oxidation sites excluding steroid dienone is 1. The van der Waals surface area contributed by atoms with Gasteiger partial charge in [-0.1, -0.05) is 53.5 Å². The van der Waals surface area contributed by atoms with E-state index in [0.29, 0.717) is 39.6 Å². The number of H-pyrrole nitrogens is 1. The third-order valence-electron chi connectivity index (χ3n) is 4.32. The molecule has 2 aromatic heterocycles. The van der Waals surface area contributed by atoms with Gasteiger partial charge in [0.15, 0.2) is 11.5 Å². The Bertz CT molecular complexity index is 1140. The summed E-state index contributed by atoms with van der Waals surface area (Å²) in [6, 6.07) is 15.1. The highest BCUT2D eigenvalue weighted by Gasteiger charge is 2.17. The summed E-state index contributed by atoms with van der Waals surface area (Å²) in [7, 11) is 0. The zero-order valence-corrected chi connectivity index (χ0v) is 16.9. The molecule has 146 valence electrons. The lowest BCUT2D eigenvalue weighted by Crippen LogP contribution is -2.02. The van der Waals surface area contributed by atoms with Crippen LogP contribution in [0.1, 0.15) is 12.1 Å². The number of aryl methyl sites for hydroxylation is 1. The molecule has 6 nitrogen and oxygen atoms in total. The van der Waals surface area contributed by atoms with Crippen LogP contribution in [0.25, 0.3) is 11.0 Å². The minimum atomic E-state index is 0.494. The average Bonchev–Trinajstić information content (AvgIpc) is 3.12. The van der Waals surface area contributed by atoms with Crippen molar-refractivity contribution in [2.24, 2.45) is 0 Å². The Labute approximate surface area is 178 Å². The van der Waals surface area contributed by atoms with Crippen molar-refractivity contribution in [1.29, 1.82) is 0 Å². The van der Waals surface area contributed by atoms with Crippen LogP contribution >= 0.6 is 23.2 Å². The Kier molecular flexibility index (Phi) is 5.64. The minimum absolute atomic E-state index is 0.494. The lowest BCUT2D eigenvalue weighted by molar-refractivity contribution is 0.951. The van der Waals surface area contributed by atoms with Gasteiger partial charge in [-0.2, -0.15) is 10.1 Å². The summed E-state index contributed by atoms with van der Waals surface area (Å²) in [6.07, 6.45) is 3.32. The fourth-order valence-electron chi connectivity index (χ4n) is 2.95. The fraction of sp³-hybridized carbons (Fsp3) is 0.0952. The van der Waals surface area contributed by atoms with Crippen LogP contribution in [-0.4, -0.2) is 20.2 Å². The molecule has 4 aromatic rings. The molecule has 0 spiro atoms. The molecule has 0 aliphatic carbocycles. The van der Waals surface area contributed by atoms with Crippen molar-refractivity contribution < 1.29 is 0 Å². The van der Waals surface area contributed by atoms with E-state index in [4.69, 9.17) is 28.2 Å². The van der Waals surface area contributed by atoms with Crippen molar-refractivity contribution in [3.05, 3.63) is 76.9 Å². The molecular formula is C21H18Cl2N6. The summed E-state index contributed by atoms with van der Waals surface area (Å²) in [5.41, 5.74) is 2.95. The van der Waals surface area contributed by atoms with Gasteiger partial charge in [0.2, 0.25) is 5.95 Å². The standard InChI is InChI=1S/C21H18Cl2N6/c1-2-3-12-16-17-19(26-18-14(22)10-7-11-15(18)23)28-29-20(17)27-21(25-16)24-13-8-5-4-6-9-13/h2,4-11H,1,3,12H2,(H3,24,25,26,27,28,29). The second-order valence-corrected chi connectivity index (χ2v) is 7.14. The SMILES string of the molecule is C=CCCc1nc(Nc2ccccc2)nc2[nH]nc(Nc3c(Cl)cccc3Cl)c12. The number of hydrogen-bond acceptors (Lipinski definition) is 5. The average molecular weight is 425 g/mol. The van der Waals surface area contributed by atoms with Crippen molar-refractivity contribution in [3.63, 3.8) is 0 Å². The second kappa shape index (κ2) is 8.51. The maximum atomic E-state index is 6.30. The highest BCUT2D eigenvalue weighted by molar-refractivity contribution is 6.39. The lowest BCUT2D eigenvalue weighted by Gasteiger charge is -2.11. The number of para-hydroxylation sites is 2. The molecule has 8 heteroatoms. The summed E-state index contributed by atoms with van der Waals surface area (Å²) >= 11 is 12.6. The van der Waals surface area contributed by atoms with E-state index >= 15 is 0 Å². The Morgan fingerprint density at radius 2 is 1.72 bits per heavy atom. The van der Waals surface area contributed by atoms with Crippen LogP contribution < -0.4 is 10.6 Å². The van der Waals surface area contributed by atoms with Crippen LogP contribution in [0.4, 0.5) is 23.1 Å². The number of hydrogen-bond donors (Lipinski definition) is 3. The maximum Gasteiger partial charge on any atom is 0.229 e. The first kappa shape index (κ1) is 19.2. The number of rotatable bonds is 7. The van der Waals surface area contributed by atoms with Crippen LogP contribution in [0.5, 0.6) is 0 Å². The van der Waals surface area contributed by atoms with Crippen LogP contribution in [0.3, 0.4) is 0 Å². The zero-order chi connectivity index (χ0) is 20.2. The van der Waals surface area contributed by atoms with Crippen molar-refractivity contribution in [2.45, 2.75) is 12.8 Å². The molecule has 0 atom stereocenters. The molecule has 3 N–H and O–H groups in total. The summed E-state index contributed by atoms with van der Waals surface area (Å²) in [5, 5.41) is 15.6. The third-order valence-corrected chi connectivity index (χ3v) is 4.95. The summed E-state index contributed by atoms with van der Waals surface area (Å²) in [5.74, 6) is 1.06. The van der Waals surface area contributed by atoms with Crippen molar-refractivity contribution >= 4 is 57.4 Å². The predicted molar refractivity (Wildman–Crippen MR) is 120 cm³/mol. The fourth-order valence-corrected chi connectivity index (χ4v) is 3.45. The highest BCUT2D eigenvalue weighted by Crippen LogP contribution is 2.35. The summed E-state index contributed by atoms with van der Waals surface area (Å²) < 4.78 is 0. The number of fused-ring (bicyclic) bond motifs is 1. The van der Waals surface area contributed by atoms with Crippen LogP contribution in [0.2, 0.25) is 10.0 Å². The molecule has 2 heterocycles. The first-order chi connectivity index (χ1) is 14.2. The van der Waals surface area contributed by atoms with Gasteiger partial charge in [0.25, 0.3) is 0 Å². The number of benzene rings is 2. The van der Waals surface area contributed by atoms with Crippen LogP contribution in [-0.2, 0) is 6.42 Å². The molecule has 0 saturated heterocycles. The monoisotopic (exact) mass is 424 g/mol. The molecule has 0 aliphatic rings. The molecule has 2 aromatic carbocycles. The lowest BCUT2D eigenvalue weighted by atomic mass is 10.1. The highest BCUT2D eigenvalue weighted by atomic mass is 35.5. The second-order valence-electron chi connectivity index (χ2n) is 6.33. The van der Waals surface area contributed by atoms with Gasteiger partial charge in [-0.25, -0.2) is 4.98 Å². The van der Waals surface area contributed by atoms with Gasteiger partial charge in [-0.05, 0) is 37.1 Å². The third kappa shape index (κ3) is 4.18. The Morgan fingerprint density at radius 3 is 2.45 bits per heavy atom. The van der Waals surface area contributed by atoms with Gasteiger partial charge < -0.3 is 10.6 Å². The quantitative estimate of drug-likeness (QED) is 0.305. The molecule has 0 amide bonds. The van der Waals surface area contributed by atoms with Gasteiger partial charge in [0, 0.05) is 5.69 Å². The Hall–Kier alpha value is -3.09. The molecule has 0 bridgehead atoms. The smallest absolute Gasteiger partial charge is 0.229 e. The van der Waals surface area contributed by atoms with Crippen LogP contribution in [0.15, 0.2) is 61.2 Å². The molecule has 0 aliphatic heterocycles. The number of nitrogens with one attached hydrogen (secondary N) is 3. The molecule has 0 fully saturated rings. The normalized spacial score (nSPS) is 10.8. The van der Waals surface area contributed by atoms with E-state index in [1.54, 1.807) is 18.2 Å².